The fourth-order valence-corrected chi connectivity index (χ4v) is 2.19. The van der Waals surface area contributed by atoms with Crippen LogP contribution in [0.1, 0.15) is 10.4 Å². The van der Waals surface area contributed by atoms with Gasteiger partial charge in [0.15, 0.2) is 0 Å². The van der Waals surface area contributed by atoms with E-state index in [0.29, 0.717) is 5.02 Å². The second-order valence-electron chi connectivity index (χ2n) is 4.09. The smallest absolute Gasteiger partial charge is 0.253 e. The summed E-state index contributed by atoms with van der Waals surface area (Å²) in [6.07, 6.45) is 0. The first-order valence-corrected chi connectivity index (χ1v) is 7.46. The number of hydrogen-bond acceptors (Lipinski definition) is 4. The minimum Gasteiger partial charge on any atom is -0.398 e. The van der Waals surface area contributed by atoms with Crippen LogP contribution >= 0.6 is 11.6 Å². The molecule has 0 radical (unpaired) electrons. The third-order valence-electron chi connectivity index (χ3n) is 2.46. The molecule has 0 aliphatic rings. The van der Waals surface area contributed by atoms with Crippen molar-refractivity contribution in [1.29, 1.82) is 0 Å². The van der Waals surface area contributed by atoms with E-state index in [4.69, 9.17) is 17.3 Å². The Labute approximate surface area is 117 Å². The molecular weight excluding hydrogens is 290 g/mol. The van der Waals surface area contributed by atoms with Gasteiger partial charge >= 0.3 is 0 Å². The molecule has 0 unspecified atom stereocenters. The summed E-state index contributed by atoms with van der Waals surface area (Å²) in [5.74, 6) is -0.624. The molecule has 19 heavy (non-hydrogen) atoms. The standard InChI is InChI=1S/C11H16ClN3O3S/c1-15(2)19(17,18)6-5-14-11(16)9-7-8(12)3-4-10(9)13/h3-4,7H,5-6,13H2,1-2H3,(H,14,16). The Hall–Kier alpha value is -1.31. The van der Waals surface area contributed by atoms with Gasteiger partial charge in [0.1, 0.15) is 0 Å². The monoisotopic (exact) mass is 305 g/mol. The number of nitrogens with one attached hydrogen (secondary N) is 1. The summed E-state index contributed by atoms with van der Waals surface area (Å²) in [7, 11) is -0.460. The number of carbonyl (C=O) groups excluding carboxylic acids is 1. The average molecular weight is 306 g/mol. The van der Waals surface area contributed by atoms with E-state index in [1.807, 2.05) is 0 Å². The van der Waals surface area contributed by atoms with E-state index in [2.05, 4.69) is 5.32 Å². The zero-order valence-corrected chi connectivity index (χ0v) is 12.3. The molecule has 106 valence electrons. The van der Waals surface area contributed by atoms with Crippen molar-refractivity contribution < 1.29 is 13.2 Å². The highest BCUT2D eigenvalue weighted by atomic mass is 35.5. The Balaban J connectivity index is 2.64. The fourth-order valence-electron chi connectivity index (χ4n) is 1.30. The Bertz CT molecular complexity index is 573. The van der Waals surface area contributed by atoms with E-state index in [-0.39, 0.29) is 23.5 Å². The van der Waals surface area contributed by atoms with Crippen LogP contribution in [0.3, 0.4) is 0 Å². The quantitative estimate of drug-likeness (QED) is 0.777. The highest BCUT2D eigenvalue weighted by Gasteiger charge is 2.15. The Kier molecular flexibility index (Phi) is 5.16. The molecular formula is C11H16ClN3O3S. The van der Waals surface area contributed by atoms with Crippen LogP contribution in [0, 0.1) is 0 Å². The molecule has 1 aromatic rings. The molecule has 6 nitrogen and oxygen atoms in total. The third-order valence-corrected chi connectivity index (χ3v) is 4.53. The van der Waals surface area contributed by atoms with Gasteiger partial charge in [0.2, 0.25) is 10.0 Å². The molecule has 0 bridgehead atoms. The van der Waals surface area contributed by atoms with Crippen LogP contribution in [0.5, 0.6) is 0 Å². The van der Waals surface area contributed by atoms with E-state index < -0.39 is 15.9 Å². The molecule has 0 atom stereocenters. The number of sulfonamides is 1. The van der Waals surface area contributed by atoms with Crippen LogP contribution in [-0.2, 0) is 10.0 Å². The minimum absolute atomic E-state index is 0.00526. The van der Waals surface area contributed by atoms with Gasteiger partial charge in [-0.05, 0) is 18.2 Å². The number of nitrogen functional groups attached to an aromatic ring is 1. The molecule has 0 saturated carbocycles. The average Bonchev–Trinajstić information content (AvgIpc) is 2.31. The first-order valence-electron chi connectivity index (χ1n) is 5.47. The normalized spacial score (nSPS) is 11.6. The molecule has 0 heterocycles. The van der Waals surface area contributed by atoms with Gasteiger partial charge in [-0.3, -0.25) is 4.79 Å². The predicted octanol–water partition coefficient (Wildman–Crippen LogP) is 0.543. The Morgan fingerprint density at radius 1 is 1.42 bits per heavy atom. The summed E-state index contributed by atoms with van der Waals surface area (Å²) in [5, 5.41) is 2.88. The maximum absolute atomic E-state index is 11.8. The van der Waals surface area contributed by atoms with Crippen LogP contribution in [0.4, 0.5) is 5.69 Å². The largest absolute Gasteiger partial charge is 0.398 e. The number of anilines is 1. The second-order valence-corrected chi connectivity index (χ2v) is 6.82. The van der Waals surface area contributed by atoms with Gasteiger partial charge in [-0.2, -0.15) is 0 Å². The number of carbonyl (C=O) groups is 1. The van der Waals surface area contributed by atoms with Gasteiger partial charge in [-0.15, -0.1) is 0 Å². The van der Waals surface area contributed by atoms with Gasteiger partial charge in [0, 0.05) is 31.4 Å². The Morgan fingerprint density at radius 2 is 2.05 bits per heavy atom. The van der Waals surface area contributed by atoms with Crippen molar-refractivity contribution in [2.24, 2.45) is 0 Å². The Morgan fingerprint density at radius 3 is 2.63 bits per heavy atom. The van der Waals surface area contributed by atoms with Crippen LogP contribution in [-0.4, -0.2) is 45.0 Å². The lowest BCUT2D eigenvalue weighted by molar-refractivity contribution is 0.0957. The van der Waals surface area contributed by atoms with Crippen molar-refractivity contribution in [2.75, 3.05) is 32.1 Å². The van der Waals surface area contributed by atoms with Gasteiger partial charge < -0.3 is 11.1 Å². The van der Waals surface area contributed by atoms with Crippen LogP contribution in [0.2, 0.25) is 5.02 Å². The summed E-state index contributed by atoms with van der Waals surface area (Å²) < 4.78 is 24.1. The number of nitrogens with two attached hydrogens (primary N) is 1. The summed E-state index contributed by atoms with van der Waals surface area (Å²) in [5.41, 5.74) is 6.17. The van der Waals surface area contributed by atoms with Gasteiger partial charge in [0.05, 0.1) is 11.3 Å². The molecule has 0 aliphatic carbocycles. The van der Waals surface area contributed by atoms with Gasteiger partial charge in [-0.1, -0.05) is 11.6 Å². The lowest BCUT2D eigenvalue weighted by Crippen LogP contribution is -2.34. The topological polar surface area (TPSA) is 92.5 Å². The molecule has 0 saturated heterocycles. The number of amides is 1. The summed E-state index contributed by atoms with van der Waals surface area (Å²) in [6.45, 7) is 0.00526. The van der Waals surface area contributed by atoms with Crippen molar-refractivity contribution in [3.63, 3.8) is 0 Å². The second kappa shape index (κ2) is 6.23. The van der Waals surface area contributed by atoms with E-state index in [0.717, 1.165) is 4.31 Å². The molecule has 0 aromatic heterocycles. The van der Waals surface area contributed by atoms with Crippen molar-refractivity contribution in [2.45, 2.75) is 0 Å². The SMILES string of the molecule is CN(C)S(=O)(=O)CCNC(=O)c1cc(Cl)ccc1N. The maximum Gasteiger partial charge on any atom is 0.253 e. The van der Waals surface area contributed by atoms with Crippen LogP contribution in [0.25, 0.3) is 0 Å². The first-order chi connectivity index (χ1) is 8.74. The highest BCUT2D eigenvalue weighted by molar-refractivity contribution is 7.89. The highest BCUT2D eigenvalue weighted by Crippen LogP contribution is 2.17. The lowest BCUT2D eigenvalue weighted by atomic mass is 10.1. The van der Waals surface area contributed by atoms with E-state index in [1.165, 1.54) is 26.2 Å². The maximum atomic E-state index is 11.8. The fraction of sp³-hybridized carbons (Fsp3) is 0.364. The van der Waals surface area contributed by atoms with Crippen LogP contribution < -0.4 is 11.1 Å². The number of nitrogens with zero attached hydrogens (tertiary/aromatic N) is 1. The first kappa shape index (κ1) is 15.7. The van der Waals surface area contributed by atoms with Crippen LogP contribution in [0.15, 0.2) is 18.2 Å². The summed E-state index contributed by atoms with van der Waals surface area (Å²) >= 11 is 5.77. The molecule has 0 aliphatic heterocycles. The van der Waals surface area contributed by atoms with Crippen molar-refractivity contribution in [3.05, 3.63) is 28.8 Å². The number of benzene rings is 1. The molecule has 8 heteroatoms. The minimum atomic E-state index is -3.33. The van der Waals surface area contributed by atoms with Crippen molar-refractivity contribution in [1.82, 2.24) is 9.62 Å². The molecule has 3 N–H and O–H groups in total. The van der Waals surface area contributed by atoms with E-state index in [9.17, 15) is 13.2 Å². The van der Waals surface area contributed by atoms with Gasteiger partial charge in [0.25, 0.3) is 5.91 Å². The van der Waals surface area contributed by atoms with Crippen molar-refractivity contribution >= 4 is 33.2 Å². The van der Waals surface area contributed by atoms with Gasteiger partial charge in [-0.25, -0.2) is 12.7 Å². The van der Waals surface area contributed by atoms with Crippen molar-refractivity contribution in [3.8, 4) is 0 Å². The van der Waals surface area contributed by atoms with E-state index >= 15 is 0 Å². The number of rotatable bonds is 5. The predicted molar refractivity (Wildman–Crippen MR) is 75.7 cm³/mol. The molecule has 1 aromatic carbocycles. The molecule has 1 amide bonds. The van der Waals surface area contributed by atoms with E-state index in [1.54, 1.807) is 6.07 Å². The zero-order chi connectivity index (χ0) is 14.6. The zero-order valence-electron chi connectivity index (χ0n) is 10.7. The number of hydrogen-bond donors (Lipinski definition) is 2. The lowest BCUT2D eigenvalue weighted by Gasteiger charge is -2.12. The third kappa shape index (κ3) is 4.38. The number of halogens is 1. The summed E-state index contributed by atoms with van der Waals surface area (Å²) in [6, 6.07) is 4.53. The molecule has 0 spiro atoms. The summed E-state index contributed by atoms with van der Waals surface area (Å²) in [4.78, 5) is 11.8. The molecule has 0 fully saturated rings. The molecule has 1 rings (SSSR count).